The van der Waals surface area contributed by atoms with Crippen LogP contribution < -0.4 is 0 Å². The molecule has 0 aliphatic carbocycles. The number of carbonyl (C=O) groups is 1. The number of alkyl halides is 2. The molecule has 0 spiro atoms. The zero-order chi connectivity index (χ0) is 9.84. The minimum absolute atomic E-state index is 0.0770. The van der Waals surface area contributed by atoms with Crippen molar-refractivity contribution in [3.8, 4) is 0 Å². The maximum absolute atomic E-state index is 12.8. The fourth-order valence-corrected chi connectivity index (χ4v) is 1.25. The van der Waals surface area contributed by atoms with Gasteiger partial charge in [0.05, 0.1) is 5.33 Å². The van der Waals surface area contributed by atoms with Crippen molar-refractivity contribution in [2.45, 2.75) is 6.67 Å². The van der Waals surface area contributed by atoms with Gasteiger partial charge in [-0.05, 0) is 18.2 Å². The van der Waals surface area contributed by atoms with E-state index < -0.39 is 12.5 Å². The first-order valence-corrected chi connectivity index (χ1v) is 4.74. The van der Waals surface area contributed by atoms with Gasteiger partial charge in [-0.15, -0.1) is 0 Å². The number of ketones is 1. The van der Waals surface area contributed by atoms with Gasteiger partial charge in [0.25, 0.3) is 0 Å². The van der Waals surface area contributed by atoms with E-state index >= 15 is 0 Å². The fourth-order valence-electron chi connectivity index (χ4n) is 0.928. The topological polar surface area (TPSA) is 17.1 Å². The lowest BCUT2D eigenvalue weighted by atomic mass is 10.1. The monoisotopic (exact) mass is 248 g/mol. The molecule has 0 aromatic heterocycles. The zero-order valence-corrected chi connectivity index (χ0v) is 8.27. The van der Waals surface area contributed by atoms with Crippen molar-refractivity contribution in [2.24, 2.45) is 0 Å². The molecule has 70 valence electrons. The molecule has 1 aromatic carbocycles. The molecule has 0 aliphatic heterocycles. The number of benzene rings is 1. The van der Waals surface area contributed by atoms with Crippen molar-refractivity contribution in [3.05, 3.63) is 35.1 Å². The summed E-state index contributed by atoms with van der Waals surface area (Å²) in [5.41, 5.74) is 0.248. The van der Waals surface area contributed by atoms with Gasteiger partial charge in [-0.2, -0.15) is 0 Å². The van der Waals surface area contributed by atoms with Crippen molar-refractivity contribution in [2.75, 3.05) is 5.33 Å². The first kappa shape index (κ1) is 10.3. The molecular formula is C9H7BrF2O. The van der Waals surface area contributed by atoms with Crippen LogP contribution in [0.1, 0.15) is 15.9 Å². The van der Waals surface area contributed by atoms with Crippen molar-refractivity contribution in [1.82, 2.24) is 0 Å². The lowest BCUT2D eigenvalue weighted by molar-refractivity contribution is 0.102. The smallest absolute Gasteiger partial charge is 0.173 e. The van der Waals surface area contributed by atoms with Gasteiger partial charge in [0.15, 0.2) is 5.78 Å². The first-order chi connectivity index (χ1) is 6.19. The summed E-state index contributed by atoms with van der Waals surface area (Å²) >= 11 is 2.98. The summed E-state index contributed by atoms with van der Waals surface area (Å²) in [6.07, 6.45) is 0. The Hall–Kier alpha value is -0.770. The number of rotatable bonds is 3. The molecule has 0 fully saturated rings. The second kappa shape index (κ2) is 4.46. The molecule has 0 bridgehead atoms. The van der Waals surface area contributed by atoms with E-state index in [1.165, 1.54) is 12.1 Å². The third-order valence-electron chi connectivity index (χ3n) is 1.63. The van der Waals surface area contributed by atoms with Crippen LogP contribution in [-0.2, 0) is 6.67 Å². The molecule has 0 aliphatic rings. The van der Waals surface area contributed by atoms with Gasteiger partial charge in [0.2, 0.25) is 0 Å². The molecule has 4 heteroatoms. The van der Waals surface area contributed by atoms with Crippen LogP contribution in [0.2, 0.25) is 0 Å². The average Bonchev–Trinajstić information content (AvgIpc) is 2.17. The van der Waals surface area contributed by atoms with Gasteiger partial charge in [-0.1, -0.05) is 15.9 Å². The Balaban J connectivity index is 3.06. The van der Waals surface area contributed by atoms with E-state index in [0.29, 0.717) is 5.56 Å². The molecule has 0 N–H and O–H groups in total. The van der Waals surface area contributed by atoms with E-state index in [0.717, 1.165) is 6.07 Å². The molecule has 0 radical (unpaired) electrons. The Morgan fingerprint density at radius 1 is 1.46 bits per heavy atom. The molecule has 0 heterocycles. The molecule has 1 nitrogen and oxygen atoms in total. The molecule has 0 saturated heterocycles. The van der Waals surface area contributed by atoms with Gasteiger partial charge < -0.3 is 0 Å². The Bertz CT molecular complexity index is 325. The molecule has 1 rings (SSSR count). The number of Topliss-reactive ketones (excluding diaryl/α,β-unsaturated/α-hetero) is 1. The van der Waals surface area contributed by atoms with Gasteiger partial charge in [-0.25, -0.2) is 8.78 Å². The van der Waals surface area contributed by atoms with Crippen LogP contribution in [0, 0.1) is 5.82 Å². The lowest BCUT2D eigenvalue weighted by Crippen LogP contribution is -2.01. The number of carbonyl (C=O) groups excluding carboxylic acids is 1. The SMILES string of the molecule is O=C(CBr)c1ccc(F)c(CF)c1. The third kappa shape index (κ3) is 2.34. The van der Waals surface area contributed by atoms with Gasteiger partial charge >= 0.3 is 0 Å². The molecule has 0 saturated carbocycles. The van der Waals surface area contributed by atoms with Crippen molar-refractivity contribution >= 4 is 21.7 Å². The normalized spacial score (nSPS) is 10.1. The van der Waals surface area contributed by atoms with Crippen molar-refractivity contribution in [1.29, 1.82) is 0 Å². The van der Waals surface area contributed by atoms with Crippen molar-refractivity contribution < 1.29 is 13.6 Å². The van der Waals surface area contributed by atoms with Crippen LogP contribution in [0.4, 0.5) is 8.78 Å². The van der Waals surface area contributed by atoms with E-state index in [2.05, 4.69) is 15.9 Å². The Kier molecular flexibility index (Phi) is 3.54. The Labute approximate surface area is 82.9 Å². The summed E-state index contributed by atoms with van der Waals surface area (Å²) in [5.74, 6) is -0.802. The fraction of sp³-hybridized carbons (Fsp3) is 0.222. The summed E-state index contributed by atoms with van der Waals surface area (Å²) in [4.78, 5) is 11.1. The van der Waals surface area contributed by atoms with Crippen LogP contribution in [0.5, 0.6) is 0 Å². The molecule has 1 aromatic rings. The highest BCUT2D eigenvalue weighted by atomic mass is 79.9. The average molecular weight is 249 g/mol. The highest BCUT2D eigenvalue weighted by Crippen LogP contribution is 2.12. The summed E-state index contributed by atoms with van der Waals surface area (Å²) in [5, 5.41) is 0.157. The second-order valence-electron chi connectivity index (χ2n) is 2.50. The van der Waals surface area contributed by atoms with Crippen LogP contribution in [0.15, 0.2) is 18.2 Å². The highest BCUT2D eigenvalue weighted by molar-refractivity contribution is 9.09. The summed E-state index contributed by atoms with van der Waals surface area (Å²) in [6.45, 7) is -0.894. The Morgan fingerprint density at radius 2 is 2.15 bits per heavy atom. The van der Waals surface area contributed by atoms with Crippen molar-refractivity contribution in [3.63, 3.8) is 0 Å². The van der Waals surface area contributed by atoms with Crippen LogP contribution in [-0.4, -0.2) is 11.1 Å². The second-order valence-corrected chi connectivity index (χ2v) is 3.06. The predicted octanol–water partition coefficient (Wildman–Crippen LogP) is 2.87. The van der Waals surface area contributed by atoms with Gasteiger partial charge in [-0.3, -0.25) is 4.79 Å². The van der Waals surface area contributed by atoms with E-state index in [-0.39, 0.29) is 16.7 Å². The molecule has 0 amide bonds. The van der Waals surface area contributed by atoms with E-state index in [9.17, 15) is 13.6 Å². The molecule has 0 atom stereocenters. The van der Waals surface area contributed by atoms with Crippen LogP contribution in [0.3, 0.4) is 0 Å². The van der Waals surface area contributed by atoms with Gasteiger partial charge in [0.1, 0.15) is 12.5 Å². The third-order valence-corrected chi connectivity index (χ3v) is 2.14. The number of hydrogen-bond acceptors (Lipinski definition) is 1. The number of halogens is 3. The summed E-state index contributed by atoms with van der Waals surface area (Å²) in [7, 11) is 0. The Morgan fingerprint density at radius 3 is 2.69 bits per heavy atom. The highest BCUT2D eigenvalue weighted by Gasteiger charge is 2.07. The van der Waals surface area contributed by atoms with Gasteiger partial charge in [0, 0.05) is 11.1 Å². The van der Waals surface area contributed by atoms with Crippen LogP contribution >= 0.6 is 15.9 Å². The minimum atomic E-state index is -0.894. The molecule has 13 heavy (non-hydrogen) atoms. The number of hydrogen-bond donors (Lipinski definition) is 0. The zero-order valence-electron chi connectivity index (χ0n) is 6.69. The summed E-state index contributed by atoms with van der Waals surface area (Å²) < 4.78 is 24.9. The van der Waals surface area contributed by atoms with E-state index in [1.807, 2.05) is 0 Å². The predicted molar refractivity (Wildman–Crippen MR) is 49.3 cm³/mol. The maximum atomic E-state index is 12.8. The minimum Gasteiger partial charge on any atom is -0.293 e. The first-order valence-electron chi connectivity index (χ1n) is 3.62. The summed E-state index contributed by atoms with van der Waals surface area (Å²) in [6, 6.07) is 3.68. The lowest BCUT2D eigenvalue weighted by Gasteiger charge is -2.00. The quantitative estimate of drug-likeness (QED) is 0.594. The van der Waals surface area contributed by atoms with E-state index in [1.54, 1.807) is 0 Å². The van der Waals surface area contributed by atoms with E-state index in [4.69, 9.17) is 0 Å². The van der Waals surface area contributed by atoms with Crippen LogP contribution in [0.25, 0.3) is 0 Å². The maximum Gasteiger partial charge on any atom is 0.173 e. The molecular weight excluding hydrogens is 242 g/mol. The largest absolute Gasteiger partial charge is 0.293 e. The molecule has 0 unspecified atom stereocenters. The standard InChI is InChI=1S/C9H7BrF2O/c10-4-9(13)6-1-2-8(12)7(3-6)5-11/h1-3H,4-5H2.